The first-order valence-corrected chi connectivity index (χ1v) is 45.6. The Hall–Kier alpha value is -4.57. The van der Waals surface area contributed by atoms with Crippen molar-refractivity contribution >= 4 is 56.8 Å². The Morgan fingerprint density at radius 1 is 0.422 bits per heavy atom. The van der Waals surface area contributed by atoms with E-state index in [1.807, 2.05) is 0 Å². The molecule has 4 unspecified atom stereocenters. The molecule has 0 aliphatic heterocycles. The Balaban J connectivity index is 1.18. The van der Waals surface area contributed by atoms with Crippen molar-refractivity contribution in [3.63, 3.8) is 0 Å². The van der Waals surface area contributed by atoms with Crippen LogP contribution in [0.15, 0.2) is 181 Å². The van der Waals surface area contributed by atoms with Gasteiger partial charge < -0.3 is 0 Å². The van der Waals surface area contributed by atoms with Gasteiger partial charge in [-0.1, -0.05) is 0 Å². The third-order valence-corrected chi connectivity index (χ3v) is 87.9. The summed E-state index contributed by atoms with van der Waals surface area (Å²) in [6.07, 6.45) is 7.17. The van der Waals surface area contributed by atoms with E-state index < -0.39 is 21.3 Å². The minimum atomic E-state index is -5.34. The molecular weight excluding hydrogens is 998 g/mol. The SMILES string of the molecule is CCC(C)C1=Cc2c(-c3ccccc3-c3cccc4ccccc34)cccc2[CH]1[Hf]([Cl])([Cl])([CH]1C(C(C)CC)=Cc2c(-c3ccccc3-c3cccc4ccccc34)cccc21)[SiH](C)C. The molecule has 0 fully saturated rings. The fraction of sp³-hybridized carbons (Fsp3) is 0.200. The molecule has 0 saturated heterocycles. The molecule has 4 atom stereocenters. The summed E-state index contributed by atoms with van der Waals surface area (Å²) < 4.78 is 0.0216. The van der Waals surface area contributed by atoms with E-state index in [9.17, 15) is 0 Å². The van der Waals surface area contributed by atoms with Crippen molar-refractivity contribution in [3.8, 4) is 44.5 Å². The van der Waals surface area contributed by atoms with Crippen molar-refractivity contribution in [2.75, 3.05) is 0 Å². The molecule has 0 saturated carbocycles. The molecular formula is C60H57Cl2HfSi. The van der Waals surface area contributed by atoms with E-state index in [0.29, 0.717) is 11.8 Å². The molecule has 0 N–H and O–H groups in total. The fourth-order valence-electron chi connectivity index (χ4n) is 11.5. The van der Waals surface area contributed by atoms with Gasteiger partial charge in [0.1, 0.15) is 0 Å². The summed E-state index contributed by atoms with van der Waals surface area (Å²) >= 11 is -5.34. The van der Waals surface area contributed by atoms with Crippen LogP contribution < -0.4 is 0 Å². The molecule has 0 radical (unpaired) electrons. The van der Waals surface area contributed by atoms with Gasteiger partial charge >= 0.3 is 393 Å². The zero-order valence-corrected chi connectivity index (χ0v) is 44.1. The van der Waals surface area contributed by atoms with Gasteiger partial charge in [0.15, 0.2) is 0 Å². The summed E-state index contributed by atoms with van der Waals surface area (Å²) in [6.45, 7) is 14.5. The fourth-order valence-corrected chi connectivity index (χ4v) is 55.8. The molecule has 319 valence electrons. The normalized spacial score (nSPS) is 17.4. The summed E-state index contributed by atoms with van der Waals surface area (Å²) in [5.74, 6) is -1.15. The summed E-state index contributed by atoms with van der Waals surface area (Å²) in [7, 11) is 18.3. The van der Waals surface area contributed by atoms with Gasteiger partial charge in [0, 0.05) is 0 Å². The zero-order chi connectivity index (χ0) is 44.4. The molecule has 8 aromatic carbocycles. The molecule has 0 nitrogen and oxygen atoms in total. The predicted octanol–water partition coefficient (Wildman–Crippen LogP) is 18.3. The van der Waals surface area contributed by atoms with Gasteiger partial charge in [-0.25, -0.2) is 0 Å². The van der Waals surface area contributed by atoms with Crippen LogP contribution in [-0.4, -0.2) is 5.98 Å². The van der Waals surface area contributed by atoms with Gasteiger partial charge in [0.2, 0.25) is 0 Å². The molecule has 0 spiro atoms. The van der Waals surface area contributed by atoms with Crippen LogP contribution in [0, 0.1) is 11.8 Å². The summed E-state index contributed by atoms with van der Waals surface area (Å²) in [5.41, 5.74) is 18.2. The first kappa shape index (κ1) is 43.3. The van der Waals surface area contributed by atoms with E-state index in [1.165, 1.54) is 99.5 Å². The monoisotopic (exact) mass is 1060 g/mol. The Kier molecular flexibility index (Phi) is 11.5. The third-order valence-electron chi connectivity index (χ3n) is 15.4. The van der Waals surface area contributed by atoms with E-state index >= 15 is 0 Å². The Morgan fingerprint density at radius 3 is 1.12 bits per heavy atom. The molecule has 2 aliphatic carbocycles. The molecule has 2 aliphatic rings. The second kappa shape index (κ2) is 17.0. The molecule has 0 bridgehead atoms. The summed E-state index contributed by atoms with van der Waals surface area (Å²) in [4.78, 5) is 0. The number of halogens is 2. The van der Waals surface area contributed by atoms with E-state index in [0.717, 1.165) is 12.8 Å². The molecule has 8 aromatic rings. The Labute approximate surface area is 389 Å². The topological polar surface area (TPSA) is 0 Å². The van der Waals surface area contributed by atoms with Crippen LogP contribution in [0.4, 0.5) is 0 Å². The molecule has 64 heavy (non-hydrogen) atoms. The zero-order valence-electron chi connectivity index (χ0n) is 37.9. The number of hydrogen-bond donors (Lipinski definition) is 0. The minimum absolute atomic E-state index is 0.0108. The van der Waals surface area contributed by atoms with E-state index in [-0.39, 0.29) is 7.35 Å². The van der Waals surface area contributed by atoms with Crippen LogP contribution in [0.3, 0.4) is 0 Å². The van der Waals surface area contributed by atoms with Crippen molar-refractivity contribution in [1.82, 2.24) is 0 Å². The van der Waals surface area contributed by atoms with Crippen LogP contribution in [0.25, 0.3) is 78.2 Å². The van der Waals surface area contributed by atoms with Gasteiger partial charge in [-0.3, -0.25) is 0 Å². The van der Waals surface area contributed by atoms with E-state index in [4.69, 9.17) is 17.2 Å². The molecule has 10 rings (SSSR count). The standard InChI is InChI=1S/2C29H25.C2H7Si.2ClH.Hf/c2*1-3-20(2)23-18-22-12-9-17-28(29(22)19-23)27-15-7-6-14-26(27)25-16-8-11-21-10-4-5-13-24(21)25;1-3-2;;;/h2*4-20H,3H2,1-2H3;3H,1-2H3;2*1H;/q;;;;;+2/p-2. The Bertz CT molecular complexity index is 2960. The maximum absolute atomic E-state index is 9.14. The van der Waals surface area contributed by atoms with E-state index in [1.54, 1.807) is 0 Å². The maximum atomic E-state index is 9.14. The van der Waals surface area contributed by atoms with E-state index in [2.05, 4.69) is 223 Å². The van der Waals surface area contributed by atoms with Gasteiger partial charge in [-0.2, -0.15) is 0 Å². The van der Waals surface area contributed by atoms with Gasteiger partial charge in [0.25, 0.3) is 0 Å². The Morgan fingerprint density at radius 2 is 0.734 bits per heavy atom. The third kappa shape index (κ3) is 6.85. The van der Waals surface area contributed by atoms with Crippen LogP contribution >= 0.6 is 17.2 Å². The number of benzene rings is 8. The van der Waals surface area contributed by atoms with Gasteiger partial charge in [-0.05, 0) is 0 Å². The molecule has 0 heterocycles. The summed E-state index contributed by atoms with van der Waals surface area (Å²) in [5, 5.41) is 5.04. The number of hydrogen-bond acceptors (Lipinski definition) is 0. The van der Waals surface area contributed by atoms with Gasteiger partial charge in [0.05, 0.1) is 0 Å². The number of fused-ring (bicyclic) bond motifs is 4. The quantitative estimate of drug-likeness (QED) is 0.113. The average Bonchev–Trinajstić information content (AvgIpc) is 3.95. The number of allylic oxidation sites excluding steroid dienone is 2. The first-order valence-electron chi connectivity index (χ1n) is 23.5. The van der Waals surface area contributed by atoms with Crippen molar-refractivity contribution in [1.29, 1.82) is 0 Å². The van der Waals surface area contributed by atoms with Crippen LogP contribution in [0.1, 0.15) is 70.1 Å². The summed E-state index contributed by atoms with van der Waals surface area (Å²) in [6, 6.07) is 62.9. The van der Waals surface area contributed by atoms with Crippen LogP contribution in [-0.2, 0) is 15.3 Å². The van der Waals surface area contributed by atoms with Gasteiger partial charge in [-0.15, -0.1) is 0 Å². The molecule has 4 heteroatoms. The molecule has 0 amide bonds. The average molecular weight is 1060 g/mol. The van der Waals surface area contributed by atoms with Crippen LogP contribution in [0.2, 0.25) is 13.1 Å². The van der Waals surface area contributed by atoms with Crippen molar-refractivity contribution in [2.45, 2.75) is 61.0 Å². The second-order valence-electron chi connectivity index (χ2n) is 18.9. The van der Waals surface area contributed by atoms with Crippen molar-refractivity contribution in [3.05, 3.63) is 203 Å². The first-order chi connectivity index (χ1) is 31.0. The second-order valence-corrected chi connectivity index (χ2v) is 78.2. The van der Waals surface area contributed by atoms with Crippen molar-refractivity contribution < 1.29 is 15.3 Å². The predicted molar refractivity (Wildman–Crippen MR) is 281 cm³/mol. The van der Waals surface area contributed by atoms with Crippen molar-refractivity contribution in [2.24, 2.45) is 11.8 Å². The number of rotatable bonds is 11. The van der Waals surface area contributed by atoms with Crippen LogP contribution in [0.5, 0.6) is 0 Å². The molecule has 0 aromatic heterocycles.